The molecule has 0 spiro atoms. The Bertz CT molecular complexity index is 1220. The fourth-order valence-electron chi connectivity index (χ4n) is 2.81. The SMILES string of the molecule is O=c1nc(Cc2cnoc2)c2ccc(C(F)(F)F)nc2n1-c1ccccc1Cl. The second-order valence-corrected chi connectivity index (χ2v) is 6.31. The average Bonchev–Trinajstić information content (AvgIpc) is 3.15. The second kappa shape index (κ2) is 6.75. The van der Waals surface area contributed by atoms with Crippen LogP contribution in [0.2, 0.25) is 5.02 Å². The molecule has 10 heteroatoms. The van der Waals surface area contributed by atoms with Crippen molar-refractivity contribution < 1.29 is 17.7 Å². The van der Waals surface area contributed by atoms with Crippen LogP contribution >= 0.6 is 11.6 Å². The smallest absolute Gasteiger partial charge is 0.364 e. The molecule has 0 bridgehead atoms. The second-order valence-electron chi connectivity index (χ2n) is 5.90. The Hall–Kier alpha value is -3.20. The molecular formula is C18H10ClF3N4O2. The summed E-state index contributed by atoms with van der Waals surface area (Å²) < 4.78 is 45.4. The van der Waals surface area contributed by atoms with Crippen LogP contribution in [0, 0.1) is 0 Å². The summed E-state index contributed by atoms with van der Waals surface area (Å²) in [5.74, 6) is 0. The topological polar surface area (TPSA) is 73.8 Å². The van der Waals surface area contributed by atoms with Crippen LogP contribution in [0.3, 0.4) is 0 Å². The fourth-order valence-corrected chi connectivity index (χ4v) is 3.03. The van der Waals surface area contributed by atoms with Crippen molar-refractivity contribution in [3.8, 4) is 5.69 Å². The number of nitrogens with zero attached hydrogens (tertiary/aromatic N) is 4. The van der Waals surface area contributed by atoms with E-state index >= 15 is 0 Å². The van der Waals surface area contributed by atoms with E-state index in [0.717, 1.165) is 10.6 Å². The van der Waals surface area contributed by atoms with Gasteiger partial charge in [0.1, 0.15) is 12.0 Å². The van der Waals surface area contributed by atoms with Gasteiger partial charge in [0.15, 0.2) is 5.65 Å². The van der Waals surface area contributed by atoms with Gasteiger partial charge in [0.25, 0.3) is 0 Å². The van der Waals surface area contributed by atoms with Crippen LogP contribution in [0.15, 0.2) is 58.2 Å². The number of para-hydroxylation sites is 1. The van der Waals surface area contributed by atoms with E-state index in [9.17, 15) is 18.0 Å². The molecule has 0 amide bonds. The highest BCUT2D eigenvalue weighted by atomic mass is 35.5. The van der Waals surface area contributed by atoms with Crippen LogP contribution in [0.5, 0.6) is 0 Å². The normalized spacial score (nSPS) is 11.9. The molecule has 142 valence electrons. The van der Waals surface area contributed by atoms with Gasteiger partial charge < -0.3 is 4.52 Å². The van der Waals surface area contributed by atoms with E-state index in [4.69, 9.17) is 16.1 Å². The quantitative estimate of drug-likeness (QED) is 0.513. The van der Waals surface area contributed by atoms with E-state index in [0.29, 0.717) is 5.56 Å². The molecule has 0 aliphatic rings. The summed E-state index contributed by atoms with van der Waals surface area (Å²) in [7, 11) is 0. The Morgan fingerprint density at radius 1 is 1.11 bits per heavy atom. The van der Waals surface area contributed by atoms with Crippen molar-refractivity contribution in [2.45, 2.75) is 12.6 Å². The molecule has 0 unspecified atom stereocenters. The van der Waals surface area contributed by atoms with Gasteiger partial charge in [0.2, 0.25) is 0 Å². The van der Waals surface area contributed by atoms with E-state index in [2.05, 4.69) is 15.1 Å². The predicted octanol–water partition coefficient (Wildman–Crippen LogP) is 4.03. The maximum atomic E-state index is 13.2. The number of hydrogen-bond donors (Lipinski definition) is 0. The van der Waals surface area contributed by atoms with Crippen LogP contribution in [0.1, 0.15) is 17.0 Å². The molecule has 0 atom stereocenters. The summed E-state index contributed by atoms with van der Waals surface area (Å²) in [6.07, 6.45) is -1.73. The molecule has 0 saturated carbocycles. The van der Waals surface area contributed by atoms with Crippen LogP contribution in [0.25, 0.3) is 16.7 Å². The molecule has 0 N–H and O–H groups in total. The molecule has 0 aliphatic heterocycles. The number of pyridine rings is 1. The van der Waals surface area contributed by atoms with E-state index < -0.39 is 17.6 Å². The Morgan fingerprint density at radius 2 is 1.89 bits per heavy atom. The van der Waals surface area contributed by atoms with E-state index in [1.807, 2.05) is 0 Å². The monoisotopic (exact) mass is 406 g/mol. The lowest BCUT2D eigenvalue weighted by atomic mass is 10.1. The standard InChI is InChI=1S/C18H10ClF3N4O2/c19-12-3-1-2-4-14(12)26-16-11(5-6-15(25-16)18(20,21)22)13(24-17(26)27)7-10-8-23-28-9-10/h1-6,8-9H,7H2. The number of halogens is 4. The third kappa shape index (κ3) is 3.24. The molecule has 0 fully saturated rings. The molecule has 0 saturated heterocycles. The number of aromatic nitrogens is 4. The van der Waals surface area contributed by atoms with Crippen molar-refractivity contribution in [1.29, 1.82) is 0 Å². The number of benzene rings is 1. The number of rotatable bonds is 3. The zero-order valence-corrected chi connectivity index (χ0v) is 14.7. The van der Waals surface area contributed by atoms with Crippen molar-refractivity contribution in [3.63, 3.8) is 0 Å². The molecule has 4 aromatic rings. The van der Waals surface area contributed by atoms with Crippen molar-refractivity contribution in [3.05, 3.63) is 81.3 Å². The van der Waals surface area contributed by atoms with Gasteiger partial charge in [0.05, 0.1) is 22.6 Å². The molecule has 1 aromatic carbocycles. The van der Waals surface area contributed by atoms with Gasteiger partial charge >= 0.3 is 11.9 Å². The summed E-state index contributed by atoms with van der Waals surface area (Å²) in [6, 6.07) is 8.37. The zero-order valence-electron chi connectivity index (χ0n) is 13.9. The minimum atomic E-state index is -4.67. The highest BCUT2D eigenvalue weighted by Crippen LogP contribution is 2.30. The van der Waals surface area contributed by atoms with Gasteiger partial charge in [-0.1, -0.05) is 28.9 Å². The number of alkyl halides is 3. The molecule has 3 heterocycles. The van der Waals surface area contributed by atoms with Crippen molar-refractivity contribution in [1.82, 2.24) is 19.7 Å². The summed E-state index contributed by atoms with van der Waals surface area (Å²) in [4.78, 5) is 20.5. The number of hydrogen-bond acceptors (Lipinski definition) is 5. The first kappa shape index (κ1) is 18.2. The lowest BCUT2D eigenvalue weighted by Gasteiger charge is -2.14. The van der Waals surface area contributed by atoms with Gasteiger partial charge in [-0.05, 0) is 24.3 Å². The Balaban J connectivity index is 2.04. The molecule has 6 nitrogen and oxygen atoms in total. The molecule has 28 heavy (non-hydrogen) atoms. The number of fused-ring (bicyclic) bond motifs is 1. The highest BCUT2D eigenvalue weighted by molar-refractivity contribution is 6.32. The van der Waals surface area contributed by atoms with E-state index in [1.165, 1.54) is 30.7 Å². The summed E-state index contributed by atoms with van der Waals surface area (Å²) in [5, 5.41) is 4.04. The minimum absolute atomic E-state index is 0.144. The lowest BCUT2D eigenvalue weighted by Crippen LogP contribution is -2.25. The van der Waals surface area contributed by atoms with Gasteiger partial charge in [-0.15, -0.1) is 0 Å². The maximum absolute atomic E-state index is 13.2. The largest absolute Gasteiger partial charge is 0.433 e. The van der Waals surface area contributed by atoms with Gasteiger partial charge in [0, 0.05) is 17.4 Å². The van der Waals surface area contributed by atoms with Gasteiger partial charge in [-0.2, -0.15) is 18.2 Å². The Morgan fingerprint density at radius 3 is 2.57 bits per heavy atom. The van der Waals surface area contributed by atoms with E-state index in [-0.39, 0.29) is 33.9 Å². The first-order valence-corrected chi connectivity index (χ1v) is 8.35. The van der Waals surface area contributed by atoms with Gasteiger partial charge in [-0.3, -0.25) is 0 Å². The molecule has 0 aliphatic carbocycles. The van der Waals surface area contributed by atoms with Crippen molar-refractivity contribution in [2.24, 2.45) is 0 Å². The average molecular weight is 407 g/mol. The highest BCUT2D eigenvalue weighted by Gasteiger charge is 2.33. The lowest BCUT2D eigenvalue weighted by molar-refractivity contribution is -0.141. The summed E-state index contributed by atoms with van der Waals surface area (Å²) >= 11 is 6.16. The maximum Gasteiger partial charge on any atom is 0.433 e. The van der Waals surface area contributed by atoms with Crippen LogP contribution in [0.4, 0.5) is 13.2 Å². The molecule has 3 aromatic heterocycles. The zero-order chi connectivity index (χ0) is 19.9. The first-order chi connectivity index (χ1) is 13.3. The van der Waals surface area contributed by atoms with E-state index in [1.54, 1.807) is 12.1 Å². The summed E-state index contributed by atoms with van der Waals surface area (Å²) in [5.41, 5.74) is -1.04. The van der Waals surface area contributed by atoms with Crippen LogP contribution in [-0.4, -0.2) is 19.7 Å². The van der Waals surface area contributed by atoms with Crippen molar-refractivity contribution >= 4 is 22.6 Å². The minimum Gasteiger partial charge on any atom is -0.364 e. The summed E-state index contributed by atoms with van der Waals surface area (Å²) in [6.45, 7) is 0. The Labute approximate surface area is 160 Å². The molecular weight excluding hydrogens is 397 g/mol. The fraction of sp³-hybridized carbons (Fsp3) is 0.111. The van der Waals surface area contributed by atoms with Crippen LogP contribution in [-0.2, 0) is 12.6 Å². The predicted molar refractivity (Wildman–Crippen MR) is 94.5 cm³/mol. The van der Waals surface area contributed by atoms with Gasteiger partial charge in [-0.25, -0.2) is 14.3 Å². The van der Waals surface area contributed by atoms with Crippen LogP contribution < -0.4 is 5.69 Å². The third-order valence-corrected chi connectivity index (χ3v) is 4.38. The third-order valence-electron chi connectivity index (χ3n) is 4.06. The molecule has 0 radical (unpaired) electrons. The molecule has 4 rings (SSSR count). The Kier molecular flexibility index (Phi) is 4.38. The first-order valence-electron chi connectivity index (χ1n) is 7.97. The van der Waals surface area contributed by atoms with Crippen molar-refractivity contribution in [2.75, 3.05) is 0 Å².